The van der Waals surface area contributed by atoms with Crippen LogP contribution < -0.4 is 11.1 Å². The van der Waals surface area contributed by atoms with Crippen LogP contribution in [0.4, 0.5) is 0 Å². The van der Waals surface area contributed by atoms with Crippen LogP contribution in [0.1, 0.15) is 27.2 Å². The van der Waals surface area contributed by atoms with Crippen LogP contribution in [0.25, 0.3) is 0 Å². The highest BCUT2D eigenvalue weighted by Crippen LogP contribution is 2.05. The monoisotopic (exact) mass is 284 g/mol. The SMILES string of the molecule is Cc1ccc(CNC(=O)c2ccc(C(N)=NO)cc2)cn1. The van der Waals surface area contributed by atoms with Gasteiger partial charge in [-0.3, -0.25) is 9.78 Å². The van der Waals surface area contributed by atoms with E-state index >= 15 is 0 Å². The summed E-state index contributed by atoms with van der Waals surface area (Å²) in [5, 5.41) is 14.3. The third-order valence-electron chi connectivity index (χ3n) is 2.98. The number of hydrogen-bond acceptors (Lipinski definition) is 4. The maximum Gasteiger partial charge on any atom is 0.251 e. The summed E-state index contributed by atoms with van der Waals surface area (Å²) in [6, 6.07) is 10.3. The van der Waals surface area contributed by atoms with Crippen molar-refractivity contribution in [1.82, 2.24) is 10.3 Å². The van der Waals surface area contributed by atoms with Crippen molar-refractivity contribution >= 4 is 11.7 Å². The summed E-state index contributed by atoms with van der Waals surface area (Å²) in [5.41, 5.74) is 8.38. The minimum absolute atomic E-state index is 0.00712. The van der Waals surface area contributed by atoms with Gasteiger partial charge in [-0.2, -0.15) is 0 Å². The van der Waals surface area contributed by atoms with Crippen LogP contribution in [0.15, 0.2) is 47.8 Å². The van der Waals surface area contributed by atoms with Crippen molar-refractivity contribution in [1.29, 1.82) is 0 Å². The highest BCUT2D eigenvalue weighted by Gasteiger charge is 2.06. The van der Waals surface area contributed by atoms with Gasteiger partial charge in [0.15, 0.2) is 5.84 Å². The number of pyridine rings is 1. The molecule has 0 spiro atoms. The fourth-order valence-corrected chi connectivity index (χ4v) is 1.74. The molecule has 1 aromatic heterocycles. The second-order valence-corrected chi connectivity index (χ2v) is 4.55. The van der Waals surface area contributed by atoms with Gasteiger partial charge in [-0.15, -0.1) is 0 Å². The topological polar surface area (TPSA) is 101 Å². The van der Waals surface area contributed by atoms with E-state index in [1.54, 1.807) is 30.5 Å². The normalized spacial score (nSPS) is 11.2. The Kier molecular flexibility index (Phi) is 4.50. The van der Waals surface area contributed by atoms with E-state index in [1.807, 2.05) is 19.1 Å². The van der Waals surface area contributed by atoms with E-state index < -0.39 is 0 Å². The number of amides is 1. The summed E-state index contributed by atoms with van der Waals surface area (Å²) in [5.74, 6) is -0.186. The molecule has 0 radical (unpaired) electrons. The fourth-order valence-electron chi connectivity index (χ4n) is 1.74. The number of amidine groups is 1. The third kappa shape index (κ3) is 3.79. The summed E-state index contributed by atoms with van der Waals surface area (Å²) in [6.45, 7) is 2.32. The lowest BCUT2D eigenvalue weighted by atomic mass is 10.1. The second-order valence-electron chi connectivity index (χ2n) is 4.55. The largest absolute Gasteiger partial charge is 0.409 e. The number of aryl methyl sites for hydroxylation is 1. The minimum atomic E-state index is -0.193. The molecule has 0 saturated carbocycles. The molecule has 21 heavy (non-hydrogen) atoms. The molecule has 1 heterocycles. The lowest BCUT2D eigenvalue weighted by Gasteiger charge is -2.06. The summed E-state index contributed by atoms with van der Waals surface area (Å²) in [4.78, 5) is 16.2. The quantitative estimate of drug-likeness (QED) is 0.342. The number of hydrogen-bond donors (Lipinski definition) is 3. The summed E-state index contributed by atoms with van der Waals surface area (Å²) in [6.07, 6.45) is 1.73. The molecule has 1 amide bonds. The number of nitrogens with one attached hydrogen (secondary N) is 1. The Morgan fingerprint density at radius 3 is 2.48 bits per heavy atom. The lowest BCUT2D eigenvalue weighted by molar-refractivity contribution is 0.0951. The molecule has 0 bridgehead atoms. The Hall–Kier alpha value is -2.89. The highest BCUT2D eigenvalue weighted by molar-refractivity contribution is 5.99. The van der Waals surface area contributed by atoms with Gasteiger partial charge >= 0.3 is 0 Å². The molecule has 0 atom stereocenters. The summed E-state index contributed by atoms with van der Waals surface area (Å²) in [7, 11) is 0. The zero-order valence-electron chi connectivity index (χ0n) is 11.6. The number of benzene rings is 1. The third-order valence-corrected chi connectivity index (χ3v) is 2.98. The molecule has 0 saturated heterocycles. The first-order valence-electron chi connectivity index (χ1n) is 6.38. The van der Waals surface area contributed by atoms with Crippen molar-refractivity contribution in [3.8, 4) is 0 Å². The molecule has 108 valence electrons. The first-order chi connectivity index (χ1) is 10.1. The van der Waals surface area contributed by atoms with Gasteiger partial charge in [-0.05, 0) is 30.7 Å². The standard InChI is InChI=1S/C15H16N4O2/c1-10-2-3-11(8-17-10)9-18-15(20)13-6-4-12(5-7-13)14(16)19-21/h2-8,21H,9H2,1H3,(H2,16,19)(H,18,20). The van der Waals surface area contributed by atoms with Gasteiger partial charge in [0.25, 0.3) is 5.91 Å². The van der Waals surface area contributed by atoms with Crippen LogP contribution in [0.2, 0.25) is 0 Å². The van der Waals surface area contributed by atoms with Gasteiger partial charge in [0, 0.05) is 29.6 Å². The molecule has 1 aromatic carbocycles. The Labute approximate surface area is 122 Å². The van der Waals surface area contributed by atoms with E-state index in [1.165, 1.54) is 0 Å². The van der Waals surface area contributed by atoms with Crippen LogP contribution in [-0.4, -0.2) is 21.9 Å². The van der Waals surface area contributed by atoms with E-state index in [9.17, 15) is 4.79 Å². The summed E-state index contributed by atoms with van der Waals surface area (Å²) < 4.78 is 0. The van der Waals surface area contributed by atoms with E-state index in [-0.39, 0.29) is 11.7 Å². The predicted octanol–water partition coefficient (Wildman–Crippen LogP) is 1.41. The van der Waals surface area contributed by atoms with Gasteiger partial charge in [-0.1, -0.05) is 23.4 Å². The fraction of sp³-hybridized carbons (Fsp3) is 0.133. The zero-order chi connectivity index (χ0) is 15.2. The van der Waals surface area contributed by atoms with E-state index in [0.29, 0.717) is 17.7 Å². The molecule has 0 aliphatic carbocycles. The zero-order valence-corrected chi connectivity index (χ0v) is 11.6. The Morgan fingerprint density at radius 1 is 1.24 bits per heavy atom. The van der Waals surface area contributed by atoms with E-state index in [4.69, 9.17) is 10.9 Å². The molecule has 0 unspecified atom stereocenters. The lowest BCUT2D eigenvalue weighted by Crippen LogP contribution is -2.23. The van der Waals surface area contributed by atoms with E-state index in [0.717, 1.165) is 11.3 Å². The smallest absolute Gasteiger partial charge is 0.251 e. The van der Waals surface area contributed by atoms with Crippen molar-refractivity contribution < 1.29 is 10.0 Å². The predicted molar refractivity (Wildman–Crippen MR) is 79.1 cm³/mol. The van der Waals surface area contributed by atoms with Crippen LogP contribution >= 0.6 is 0 Å². The number of carbonyl (C=O) groups is 1. The average Bonchev–Trinajstić information content (AvgIpc) is 2.53. The Bertz CT molecular complexity index is 648. The Morgan fingerprint density at radius 2 is 1.90 bits per heavy atom. The van der Waals surface area contributed by atoms with Crippen molar-refractivity contribution in [2.75, 3.05) is 0 Å². The van der Waals surface area contributed by atoms with Crippen LogP contribution in [0.3, 0.4) is 0 Å². The molecular weight excluding hydrogens is 268 g/mol. The van der Waals surface area contributed by atoms with Crippen molar-refractivity contribution in [2.45, 2.75) is 13.5 Å². The van der Waals surface area contributed by atoms with Crippen LogP contribution in [0.5, 0.6) is 0 Å². The van der Waals surface area contributed by atoms with Gasteiger partial charge < -0.3 is 16.3 Å². The number of nitrogens with zero attached hydrogens (tertiary/aromatic N) is 2. The van der Waals surface area contributed by atoms with Crippen molar-refractivity contribution in [2.24, 2.45) is 10.9 Å². The first-order valence-corrected chi connectivity index (χ1v) is 6.38. The van der Waals surface area contributed by atoms with Gasteiger partial charge in [-0.25, -0.2) is 0 Å². The van der Waals surface area contributed by atoms with Crippen LogP contribution in [-0.2, 0) is 6.54 Å². The number of nitrogens with two attached hydrogens (primary N) is 1. The average molecular weight is 284 g/mol. The molecule has 0 aliphatic heterocycles. The van der Waals surface area contributed by atoms with Crippen molar-refractivity contribution in [3.05, 3.63) is 65.0 Å². The number of carbonyl (C=O) groups excluding carboxylic acids is 1. The molecule has 6 nitrogen and oxygen atoms in total. The molecule has 4 N–H and O–H groups in total. The molecule has 0 fully saturated rings. The number of rotatable bonds is 4. The van der Waals surface area contributed by atoms with Gasteiger partial charge in [0.05, 0.1) is 0 Å². The number of oxime groups is 1. The maximum absolute atomic E-state index is 12.0. The minimum Gasteiger partial charge on any atom is -0.409 e. The van der Waals surface area contributed by atoms with Gasteiger partial charge in [0.2, 0.25) is 0 Å². The first kappa shape index (κ1) is 14.5. The molecule has 6 heteroatoms. The van der Waals surface area contributed by atoms with Crippen molar-refractivity contribution in [3.63, 3.8) is 0 Å². The molecule has 2 rings (SSSR count). The molecular formula is C15H16N4O2. The summed E-state index contributed by atoms with van der Waals surface area (Å²) >= 11 is 0. The number of aromatic nitrogens is 1. The highest BCUT2D eigenvalue weighted by atomic mass is 16.4. The molecule has 0 aliphatic rings. The van der Waals surface area contributed by atoms with E-state index in [2.05, 4.69) is 15.5 Å². The van der Waals surface area contributed by atoms with Crippen LogP contribution in [0, 0.1) is 6.92 Å². The molecule has 2 aromatic rings. The maximum atomic E-state index is 12.0. The van der Waals surface area contributed by atoms with Gasteiger partial charge in [0.1, 0.15) is 0 Å². The Balaban J connectivity index is 1.98. The second kappa shape index (κ2) is 6.51.